The predicted molar refractivity (Wildman–Crippen MR) is 117 cm³/mol. The van der Waals surface area contributed by atoms with Gasteiger partial charge in [0.1, 0.15) is 5.75 Å². The van der Waals surface area contributed by atoms with E-state index in [0.717, 1.165) is 22.3 Å². The third kappa shape index (κ3) is 5.38. The van der Waals surface area contributed by atoms with E-state index in [2.05, 4.69) is 10.5 Å². The van der Waals surface area contributed by atoms with Crippen molar-refractivity contribution in [3.63, 3.8) is 0 Å². The highest BCUT2D eigenvalue weighted by Gasteiger charge is 2.07. The average molecular weight is 404 g/mol. The zero-order chi connectivity index (χ0) is 21.3. The topological polar surface area (TPSA) is 69.2 Å². The molecule has 0 spiro atoms. The number of rotatable bonds is 8. The van der Waals surface area contributed by atoms with Crippen molar-refractivity contribution in [2.24, 2.45) is 5.10 Å². The molecule has 0 radical (unpaired) electrons. The molecule has 6 nitrogen and oxygen atoms in total. The van der Waals surface area contributed by atoms with Gasteiger partial charge in [0.15, 0.2) is 18.1 Å². The first kappa shape index (κ1) is 20.9. The van der Waals surface area contributed by atoms with Crippen LogP contribution in [-0.4, -0.2) is 32.9 Å². The Balaban J connectivity index is 1.53. The third-order valence-corrected chi connectivity index (χ3v) is 4.50. The van der Waals surface area contributed by atoms with E-state index in [-0.39, 0.29) is 12.5 Å². The lowest BCUT2D eigenvalue weighted by atomic mass is 10.1. The Morgan fingerprint density at radius 2 is 1.57 bits per heavy atom. The molecule has 154 valence electrons. The van der Waals surface area contributed by atoms with E-state index in [1.54, 1.807) is 26.5 Å². The molecule has 0 aliphatic carbocycles. The molecule has 0 fully saturated rings. The van der Waals surface area contributed by atoms with E-state index in [1.165, 1.54) is 0 Å². The highest BCUT2D eigenvalue weighted by Crippen LogP contribution is 2.29. The summed E-state index contributed by atoms with van der Waals surface area (Å²) in [5, 5.41) is 4.00. The van der Waals surface area contributed by atoms with E-state index in [9.17, 15) is 4.79 Å². The van der Waals surface area contributed by atoms with Gasteiger partial charge in [0.05, 0.1) is 20.4 Å². The highest BCUT2D eigenvalue weighted by atomic mass is 16.5. The molecule has 0 saturated heterocycles. The molecule has 0 aliphatic rings. The zero-order valence-electron chi connectivity index (χ0n) is 17.2. The van der Waals surface area contributed by atoms with E-state index >= 15 is 0 Å². The van der Waals surface area contributed by atoms with Gasteiger partial charge < -0.3 is 14.2 Å². The molecule has 0 bridgehead atoms. The number of nitrogens with one attached hydrogen (secondary N) is 1. The van der Waals surface area contributed by atoms with Gasteiger partial charge in [-0.2, -0.15) is 5.10 Å². The standard InChI is InChI=1S/C24H24N2O4/c1-17-13-22(28-2)23(29-3)14-20(17)15-25-26-24(27)16-30-21-11-9-19(10-12-21)18-7-5-4-6-8-18/h4-15H,16H2,1-3H3,(H,26,27). The predicted octanol–water partition coefficient (Wildman–Crippen LogP) is 4.21. The average Bonchev–Trinajstić information content (AvgIpc) is 2.79. The SMILES string of the molecule is COc1cc(C)c(C=NNC(=O)COc2ccc(-c3ccccc3)cc2)cc1OC. The van der Waals surface area contributed by atoms with Crippen LogP contribution in [0, 0.1) is 6.92 Å². The second kappa shape index (κ2) is 10.1. The smallest absolute Gasteiger partial charge is 0.277 e. The van der Waals surface area contributed by atoms with E-state index in [1.807, 2.05) is 67.6 Å². The minimum atomic E-state index is -0.350. The number of hydrazone groups is 1. The first-order valence-corrected chi connectivity index (χ1v) is 9.43. The molecule has 1 amide bonds. The van der Waals surface area contributed by atoms with Crippen molar-refractivity contribution in [1.29, 1.82) is 0 Å². The van der Waals surface area contributed by atoms with Crippen molar-refractivity contribution in [2.75, 3.05) is 20.8 Å². The molecule has 30 heavy (non-hydrogen) atoms. The lowest BCUT2D eigenvalue weighted by molar-refractivity contribution is -0.123. The van der Waals surface area contributed by atoms with Gasteiger partial charge in [-0.1, -0.05) is 42.5 Å². The van der Waals surface area contributed by atoms with Gasteiger partial charge in [-0.05, 0) is 47.9 Å². The van der Waals surface area contributed by atoms with Crippen LogP contribution in [0.5, 0.6) is 17.2 Å². The Morgan fingerprint density at radius 1 is 0.933 bits per heavy atom. The van der Waals surface area contributed by atoms with Crippen LogP contribution in [-0.2, 0) is 4.79 Å². The first-order chi connectivity index (χ1) is 14.6. The molecule has 0 saturated carbocycles. The summed E-state index contributed by atoms with van der Waals surface area (Å²) in [5.74, 6) is 1.50. The number of hydrogen-bond acceptors (Lipinski definition) is 5. The summed E-state index contributed by atoms with van der Waals surface area (Å²) in [5.41, 5.74) is 6.43. The second-order valence-electron chi connectivity index (χ2n) is 6.54. The van der Waals surface area contributed by atoms with Gasteiger partial charge in [-0.3, -0.25) is 4.79 Å². The van der Waals surface area contributed by atoms with Crippen LogP contribution < -0.4 is 19.6 Å². The summed E-state index contributed by atoms with van der Waals surface area (Å²) in [6.07, 6.45) is 1.56. The molecule has 0 atom stereocenters. The Morgan fingerprint density at radius 3 is 2.23 bits per heavy atom. The van der Waals surface area contributed by atoms with E-state index in [0.29, 0.717) is 17.2 Å². The molecule has 6 heteroatoms. The molecule has 0 aromatic heterocycles. The third-order valence-electron chi connectivity index (χ3n) is 4.50. The van der Waals surface area contributed by atoms with Gasteiger partial charge in [0, 0.05) is 5.56 Å². The number of carbonyl (C=O) groups is 1. The van der Waals surface area contributed by atoms with Crippen LogP contribution in [0.4, 0.5) is 0 Å². The monoisotopic (exact) mass is 404 g/mol. The van der Waals surface area contributed by atoms with Crippen molar-refractivity contribution in [3.8, 4) is 28.4 Å². The van der Waals surface area contributed by atoms with Crippen molar-refractivity contribution < 1.29 is 19.0 Å². The Kier molecular flexibility index (Phi) is 7.05. The quantitative estimate of drug-likeness (QED) is 0.451. The lowest BCUT2D eigenvalue weighted by Crippen LogP contribution is -2.24. The van der Waals surface area contributed by atoms with E-state index in [4.69, 9.17) is 14.2 Å². The summed E-state index contributed by atoms with van der Waals surface area (Å²) in [7, 11) is 3.15. The second-order valence-corrected chi connectivity index (χ2v) is 6.54. The van der Waals surface area contributed by atoms with Gasteiger partial charge in [-0.25, -0.2) is 5.43 Å². The first-order valence-electron chi connectivity index (χ1n) is 9.43. The van der Waals surface area contributed by atoms with Crippen molar-refractivity contribution in [1.82, 2.24) is 5.43 Å². The molecule has 1 N–H and O–H groups in total. The van der Waals surface area contributed by atoms with Crippen LogP contribution in [0.2, 0.25) is 0 Å². The van der Waals surface area contributed by atoms with Gasteiger partial charge in [0.2, 0.25) is 0 Å². The normalized spacial score (nSPS) is 10.6. The van der Waals surface area contributed by atoms with Crippen LogP contribution in [0.3, 0.4) is 0 Å². The van der Waals surface area contributed by atoms with Crippen LogP contribution in [0.15, 0.2) is 71.8 Å². The molecule has 0 unspecified atom stereocenters. The Hall–Kier alpha value is -3.80. The summed E-state index contributed by atoms with van der Waals surface area (Å²) < 4.78 is 16.1. The number of ether oxygens (including phenoxy) is 3. The number of benzene rings is 3. The molecule has 3 rings (SSSR count). The maximum absolute atomic E-state index is 12.0. The number of nitrogens with zero attached hydrogens (tertiary/aromatic N) is 1. The Labute approximate surface area is 176 Å². The number of hydrogen-bond donors (Lipinski definition) is 1. The summed E-state index contributed by atoms with van der Waals surface area (Å²) in [6.45, 7) is 1.79. The molecule has 0 aliphatic heterocycles. The van der Waals surface area contributed by atoms with Gasteiger partial charge in [-0.15, -0.1) is 0 Å². The largest absolute Gasteiger partial charge is 0.493 e. The molecular weight excluding hydrogens is 380 g/mol. The van der Waals surface area contributed by atoms with Crippen molar-refractivity contribution in [3.05, 3.63) is 77.9 Å². The minimum absolute atomic E-state index is 0.132. The van der Waals surface area contributed by atoms with Crippen LogP contribution >= 0.6 is 0 Å². The number of carbonyl (C=O) groups excluding carboxylic acids is 1. The van der Waals surface area contributed by atoms with Crippen LogP contribution in [0.1, 0.15) is 11.1 Å². The highest BCUT2D eigenvalue weighted by molar-refractivity contribution is 5.85. The Bertz CT molecular complexity index is 1020. The summed E-state index contributed by atoms with van der Waals surface area (Å²) in [4.78, 5) is 12.0. The van der Waals surface area contributed by atoms with Crippen molar-refractivity contribution in [2.45, 2.75) is 6.92 Å². The molecule has 3 aromatic carbocycles. The fourth-order valence-corrected chi connectivity index (χ4v) is 2.86. The van der Waals surface area contributed by atoms with E-state index < -0.39 is 0 Å². The fourth-order valence-electron chi connectivity index (χ4n) is 2.86. The summed E-state index contributed by atoms with van der Waals surface area (Å²) in [6, 6.07) is 21.3. The fraction of sp³-hybridized carbons (Fsp3) is 0.167. The lowest BCUT2D eigenvalue weighted by Gasteiger charge is -2.10. The maximum Gasteiger partial charge on any atom is 0.277 e. The maximum atomic E-state index is 12.0. The zero-order valence-corrected chi connectivity index (χ0v) is 17.2. The molecular formula is C24H24N2O4. The van der Waals surface area contributed by atoms with Crippen LogP contribution in [0.25, 0.3) is 11.1 Å². The van der Waals surface area contributed by atoms with Gasteiger partial charge in [0.25, 0.3) is 5.91 Å². The van der Waals surface area contributed by atoms with Crippen molar-refractivity contribution >= 4 is 12.1 Å². The number of methoxy groups -OCH3 is 2. The number of aryl methyl sites for hydroxylation is 1. The van der Waals surface area contributed by atoms with Gasteiger partial charge >= 0.3 is 0 Å². The molecule has 0 heterocycles. The number of amides is 1. The summed E-state index contributed by atoms with van der Waals surface area (Å²) >= 11 is 0. The molecule has 3 aromatic rings. The minimum Gasteiger partial charge on any atom is -0.493 e.